The number of hydrogen-bond acceptors (Lipinski definition) is 6. The van der Waals surface area contributed by atoms with E-state index in [0.29, 0.717) is 35.1 Å². The van der Waals surface area contributed by atoms with Gasteiger partial charge in [0.1, 0.15) is 0 Å². The zero-order chi connectivity index (χ0) is 20.2. The van der Waals surface area contributed by atoms with Gasteiger partial charge in [-0.2, -0.15) is 9.67 Å². The van der Waals surface area contributed by atoms with Crippen LogP contribution in [0.25, 0.3) is 11.4 Å². The molecule has 0 radical (unpaired) electrons. The minimum Gasteiger partial charge on any atom is -0.463 e. The number of aromatic nitrogens is 3. The average molecular weight is 393 g/mol. The fourth-order valence-corrected chi connectivity index (χ4v) is 3.16. The van der Waals surface area contributed by atoms with Crippen LogP contribution in [0.15, 0.2) is 42.5 Å². The third-order valence-electron chi connectivity index (χ3n) is 4.70. The molecule has 4 rings (SSSR count). The van der Waals surface area contributed by atoms with Crippen LogP contribution in [0.1, 0.15) is 42.6 Å². The molecule has 0 N–H and O–H groups in total. The van der Waals surface area contributed by atoms with Crippen LogP contribution in [0, 0.1) is 0 Å². The number of hydrogen-bond donors (Lipinski definition) is 0. The highest BCUT2D eigenvalue weighted by Crippen LogP contribution is 2.35. The van der Waals surface area contributed by atoms with Gasteiger partial charge in [0.05, 0.1) is 6.61 Å². The Morgan fingerprint density at radius 3 is 2.66 bits per heavy atom. The molecule has 0 saturated heterocycles. The summed E-state index contributed by atoms with van der Waals surface area (Å²) in [6.45, 7) is 4.60. The highest BCUT2D eigenvalue weighted by atomic mass is 16.7. The molecule has 0 unspecified atom stereocenters. The number of carbonyl (C=O) groups is 1. The third-order valence-corrected chi connectivity index (χ3v) is 4.70. The van der Waals surface area contributed by atoms with Crippen LogP contribution in [0.3, 0.4) is 0 Å². The minimum absolute atomic E-state index is 0.160. The van der Waals surface area contributed by atoms with E-state index in [9.17, 15) is 4.79 Å². The summed E-state index contributed by atoms with van der Waals surface area (Å²) >= 11 is 0. The van der Waals surface area contributed by atoms with Gasteiger partial charge in [0.2, 0.25) is 6.79 Å². The Hall–Kier alpha value is -3.35. The maximum Gasteiger partial charge on any atom is 0.336 e. The lowest BCUT2D eigenvalue weighted by Crippen LogP contribution is -2.15. The van der Waals surface area contributed by atoms with Gasteiger partial charge in [0.25, 0.3) is 5.91 Å². The van der Waals surface area contributed by atoms with E-state index in [2.05, 4.69) is 17.0 Å². The van der Waals surface area contributed by atoms with Crippen molar-refractivity contribution < 1.29 is 19.0 Å². The summed E-state index contributed by atoms with van der Waals surface area (Å²) in [6.07, 6.45) is 3.27. The molecule has 2 aromatic carbocycles. The zero-order valence-electron chi connectivity index (χ0n) is 16.6. The predicted molar refractivity (Wildman–Crippen MR) is 108 cm³/mol. The molecule has 29 heavy (non-hydrogen) atoms. The number of benzene rings is 2. The largest absolute Gasteiger partial charge is 0.463 e. The van der Waals surface area contributed by atoms with Crippen molar-refractivity contribution in [1.29, 1.82) is 0 Å². The van der Waals surface area contributed by atoms with Crippen LogP contribution < -0.4 is 14.2 Å². The highest BCUT2D eigenvalue weighted by Gasteiger charge is 2.22. The van der Waals surface area contributed by atoms with Crippen LogP contribution in [-0.4, -0.2) is 34.1 Å². The summed E-state index contributed by atoms with van der Waals surface area (Å²) in [5, 5.41) is 4.28. The molecule has 0 aliphatic carbocycles. The van der Waals surface area contributed by atoms with Gasteiger partial charge in [-0.05, 0) is 55.7 Å². The normalized spacial score (nSPS) is 12.2. The Morgan fingerprint density at radius 1 is 1.10 bits per heavy atom. The molecular weight excluding hydrogens is 370 g/mol. The van der Waals surface area contributed by atoms with Crippen molar-refractivity contribution >= 4 is 5.91 Å². The molecule has 7 nitrogen and oxygen atoms in total. The van der Waals surface area contributed by atoms with E-state index in [1.54, 1.807) is 12.1 Å². The Bertz CT molecular complexity index is 1010. The van der Waals surface area contributed by atoms with Gasteiger partial charge in [-0.3, -0.25) is 4.79 Å². The van der Waals surface area contributed by atoms with E-state index in [4.69, 9.17) is 14.2 Å². The number of carbonyl (C=O) groups excluding carboxylic acids is 1. The average Bonchev–Trinajstić information content (AvgIpc) is 3.38. The van der Waals surface area contributed by atoms with Crippen molar-refractivity contribution in [2.75, 3.05) is 13.4 Å². The summed E-state index contributed by atoms with van der Waals surface area (Å²) < 4.78 is 17.5. The minimum atomic E-state index is -0.266. The van der Waals surface area contributed by atoms with E-state index in [0.717, 1.165) is 19.3 Å². The molecule has 0 fully saturated rings. The standard InChI is InChI=1S/C22H23N3O4/c1-3-5-6-15-7-9-16(10-8-15)21(26)25-20(23-22(24-25)27-4-2)17-11-12-18-19(13-17)29-14-28-18/h7-13H,3-6,14H2,1-2H3. The Morgan fingerprint density at radius 2 is 1.90 bits per heavy atom. The third kappa shape index (κ3) is 3.94. The molecule has 3 aromatic rings. The van der Waals surface area contributed by atoms with Gasteiger partial charge in [0.15, 0.2) is 17.3 Å². The Labute approximate surface area is 169 Å². The fourth-order valence-electron chi connectivity index (χ4n) is 3.16. The van der Waals surface area contributed by atoms with Gasteiger partial charge in [-0.1, -0.05) is 25.5 Å². The summed E-state index contributed by atoms with van der Waals surface area (Å²) in [5.41, 5.74) is 2.45. The number of ether oxygens (including phenoxy) is 3. The number of unbranched alkanes of at least 4 members (excludes halogenated alkanes) is 1. The molecule has 0 saturated carbocycles. The number of rotatable bonds is 7. The molecule has 2 heterocycles. The predicted octanol–water partition coefficient (Wildman–Crippen LogP) is 4.10. The van der Waals surface area contributed by atoms with Gasteiger partial charge in [-0.25, -0.2) is 0 Å². The van der Waals surface area contributed by atoms with Gasteiger partial charge in [0, 0.05) is 11.1 Å². The second-order valence-corrected chi connectivity index (χ2v) is 6.74. The first-order valence-electron chi connectivity index (χ1n) is 9.83. The lowest BCUT2D eigenvalue weighted by atomic mass is 10.1. The first kappa shape index (κ1) is 19.0. The summed E-state index contributed by atoms with van der Waals surface area (Å²) in [5.74, 6) is 1.41. The number of nitrogens with zero attached hydrogens (tertiary/aromatic N) is 3. The van der Waals surface area contributed by atoms with E-state index in [-0.39, 0.29) is 18.7 Å². The van der Waals surface area contributed by atoms with Crippen LogP contribution >= 0.6 is 0 Å². The van der Waals surface area contributed by atoms with E-state index >= 15 is 0 Å². The second-order valence-electron chi connectivity index (χ2n) is 6.74. The maximum absolute atomic E-state index is 13.2. The van der Waals surface area contributed by atoms with Crippen molar-refractivity contribution in [3.63, 3.8) is 0 Å². The zero-order valence-corrected chi connectivity index (χ0v) is 16.6. The monoisotopic (exact) mass is 393 g/mol. The number of aryl methyl sites for hydroxylation is 1. The van der Waals surface area contributed by atoms with Gasteiger partial charge >= 0.3 is 6.01 Å². The SMILES string of the molecule is CCCCc1ccc(C(=O)n2nc(OCC)nc2-c2ccc3c(c2)OCO3)cc1. The smallest absolute Gasteiger partial charge is 0.336 e. The van der Waals surface area contributed by atoms with E-state index in [1.807, 2.05) is 37.3 Å². The molecule has 0 amide bonds. The molecule has 1 aliphatic rings. The number of fused-ring (bicyclic) bond motifs is 1. The topological polar surface area (TPSA) is 75.5 Å². The van der Waals surface area contributed by atoms with Crippen molar-refractivity contribution in [2.24, 2.45) is 0 Å². The molecule has 1 aliphatic heterocycles. The Kier molecular flexibility index (Phi) is 5.46. The van der Waals surface area contributed by atoms with Crippen molar-refractivity contribution in [2.45, 2.75) is 33.1 Å². The molecule has 0 atom stereocenters. The Balaban J connectivity index is 1.68. The van der Waals surface area contributed by atoms with Crippen LogP contribution in [0.2, 0.25) is 0 Å². The lowest BCUT2D eigenvalue weighted by Gasteiger charge is -2.06. The highest BCUT2D eigenvalue weighted by molar-refractivity contribution is 5.97. The van der Waals surface area contributed by atoms with Crippen molar-refractivity contribution in [3.8, 4) is 28.9 Å². The van der Waals surface area contributed by atoms with Gasteiger partial charge in [-0.15, -0.1) is 5.10 Å². The molecule has 150 valence electrons. The summed E-state index contributed by atoms with van der Waals surface area (Å²) in [4.78, 5) is 17.6. The van der Waals surface area contributed by atoms with Crippen LogP contribution in [0.4, 0.5) is 0 Å². The fraction of sp³-hybridized carbons (Fsp3) is 0.318. The first-order chi connectivity index (χ1) is 14.2. The van der Waals surface area contributed by atoms with Crippen LogP contribution in [0.5, 0.6) is 17.5 Å². The van der Waals surface area contributed by atoms with Crippen LogP contribution in [-0.2, 0) is 6.42 Å². The van der Waals surface area contributed by atoms with Crippen molar-refractivity contribution in [1.82, 2.24) is 14.8 Å². The summed E-state index contributed by atoms with van der Waals surface area (Å²) in [7, 11) is 0. The van der Waals surface area contributed by atoms with E-state index < -0.39 is 0 Å². The van der Waals surface area contributed by atoms with Gasteiger partial charge < -0.3 is 14.2 Å². The molecule has 1 aromatic heterocycles. The molecule has 7 heteroatoms. The van der Waals surface area contributed by atoms with Crippen molar-refractivity contribution in [3.05, 3.63) is 53.6 Å². The maximum atomic E-state index is 13.2. The quantitative estimate of drug-likeness (QED) is 0.601. The van der Waals surface area contributed by atoms with E-state index in [1.165, 1.54) is 10.2 Å². The molecular formula is C22H23N3O4. The molecule has 0 bridgehead atoms. The second kappa shape index (κ2) is 8.34. The lowest BCUT2D eigenvalue weighted by molar-refractivity contribution is 0.0944. The summed E-state index contributed by atoms with van der Waals surface area (Å²) in [6, 6.07) is 13.2. The molecule has 0 spiro atoms. The first-order valence-corrected chi connectivity index (χ1v) is 9.83.